The van der Waals surface area contributed by atoms with Crippen LogP contribution < -0.4 is 5.32 Å². The van der Waals surface area contributed by atoms with Gasteiger partial charge in [-0.1, -0.05) is 12.1 Å². The predicted octanol–water partition coefficient (Wildman–Crippen LogP) is 1.49. The van der Waals surface area contributed by atoms with Gasteiger partial charge in [0.2, 0.25) is 0 Å². The molecule has 0 aliphatic carbocycles. The summed E-state index contributed by atoms with van der Waals surface area (Å²) < 4.78 is 0. The molecule has 1 aliphatic heterocycles. The number of fused-ring (bicyclic) bond motifs is 1. The summed E-state index contributed by atoms with van der Waals surface area (Å²) in [6.07, 6.45) is 1.56. The van der Waals surface area contributed by atoms with E-state index >= 15 is 0 Å². The quantitative estimate of drug-likeness (QED) is 0.778. The first-order valence-corrected chi connectivity index (χ1v) is 6.83. The second-order valence-electron chi connectivity index (χ2n) is 4.14. The molecule has 1 aromatic carbocycles. The highest BCUT2D eigenvalue weighted by Crippen LogP contribution is 2.32. The van der Waals surface area contributed by atoms with Crippen molar-refractivity contribution in [2.45, 2.75) is 23.8 Å². The van der Waals surface area contributed by atoms with Gasteiger partial charge in [0.25, 0.3) is 0 Å². The fourth-order valence-corrected chi connectivity index (χ4v) is 3.16. The largest absolute Gasteiger partial charge is 0.396 e. The molecule has 1 aliphatic rings. The molecule has 1 unspecified atom stereocenters. The van der Waals surface area contributed by atoms with E-state index in [0.717, 1.165) is 17.7 Å². The van der Waals surface area contributed by atoms with E-state index in [1.807, 2.05) is 30.0 Å². The van der Waals surface area contributed by atoms with E-state index in [1.165, 1.54) is 10.5 Å². The molecule has 0 fully saturated rings. The second-order valence-corrected chi connectivity index (χ2v) is 5.28. The molecule has 0 amide bonds. The van der Waals surface area contributed by atoms with Crippen LogP contribution in [0.15, 0.2) is 23.1 Å². The summed E-state index contributed by atoms with van der Waals surface area (Å²) in [6, 6.07) is 5.64. The zero-order valence-corrected chi connectivity index (χ0v) is 10.7. The lowest BCUT2D eigenvalue weighted by Crippen LogP contribution is -2.34. The summed E-state index contributed by atoms with van der Waals surface area (Å²) in [5.74, 6) is 1.18. The molecule has 2 rings (SSSR count). The molecule has 0 spiro atoms. The number of hydrogen-bond donors (Lipinski definition) is 2. The molecule has 1 atom stereocenters. The van der Waals surface area contributed by atoms with Crippen molar-refractivity contribution < 1.29 is 9.90 Å². The summed E-state index contributed by atoms with van der Waals surface area (Å²) in [6.45, 7) is 0.0247. The average Bonchev–Trinajstić information content (AvgIpc) is 2.82. The molecular weight excluding hydrogens is 234 g/mol. The summed E-state index contributed by atoms with van der Waals surface area (Å²) in [4.78, 5) is 13.4. The molecule has 17 heavy (non-hydrogen) atoms. The van der Waals surface area contributed by atoms with Crippen molar-refractivity contribution >= 4 is 17.5 Å². The van der Waals surface area contributed by atoms with Crippen molar-refractivity contribution in [2.24, 2.45) is 0 Å². The van der Waals surface area contributed by atoms with Crippen LogP contribution in [0.3, 0.4) is 0 Å². The van der Waals surface area contributed by atoms with Gasteiger partial charge in [0, 0.05) is 22.8 Å². The first-order chi connectivity index (χ1) is 8.26. The van der Waals surface area contributed by atoms with Gasteiger partial charge in [-0.15, -0.1) is 11.8 Å². The lowest BCUT2D eigenvalue weighted by atomic mass is 10.0. The Labute approximate surface area is 106 Å². The Balaban J connectivity index is 2.19. The first kappa shape index (κ1) is 12.6. The van der Waals surface area contributed by atoms with Gasteiger partial charge >= 0.3 is 0 Å². The average molecular weight is 251 g/mol. The van der Waals surface area contributed by atoms with Crippen LogP contribution in [-0.2, 0) is 6.42 Å². The van der Waals surface area contributed by atoms with Crippen molar-refractivity contribution in [3.05, 3.63) is 29.3 Å². The lowest BCUT2D eigenvalue weighted by molar-refractivity contribution is 0.0928. The maximum Gasteiger partial charge on any atom is 0.179 e. The van der Waals surface area contributed by atoms with E-state index in [-0.39, 0.29) is 18.4 Å². The number of Topliss-reactive ketones (excluding diaryl/α,β-unsaturated/α-hetero) is 1. The topological polar surface area (TPSA) is 49.3 Å². The van der Waals surface area contributed by atoms with Gasteiger partial charge in [-0.25, -0.2) is 0 Å². The van der Waals surface area contributed by atoms with Crippen LogP contribution in [-0.4, -0.2) is 36.3 Å². The highest BCUT2D eigenvalue weighted by molar-refractivity contribution is 7.99. The maximum atomic E-state index is 12.2. The fourth-order valence-electron chi connectivity index (χ4n) is 2.06. The Kier molecular flexibility index (Phi) is 4.20. The lowest BCUT2D eigenvalue weighted by Gasteiger charge is -2.14. The standard InChI is InChI=1S/C13H17NO2S/c1-14-11(4-6-15)13(16)10-3-2-9-5-7-17-12(9)8-10/h2-3,8,11,14-15H,4-7H2,1H3. The van der Waals surface area contributed by atoms with Crippen LogP contribution in [0.4, 0.5) is 0 Å². The number of benzene rings is 1. The number of rotatable bonds is 5. The van der Waals surface area contributed by atoms with Crippen LogP contribution in [0.25, 0.3) is 0 Å². The van der Waals surface area contributed by atoms with Crippen LogP contribution in [0.2, 0.25) is 0 Å². The number of ketones is 1. The van der Waals surface area contributed by atoms with E-state index in [1.54, 1.807) is 7.05 Å². The summed E-state index contributed by atoms with van der Waals surface area (Å²) in [5, 5.41) is 11.9. The van der Waals surface area contributed by atoms with Gasteiger partial charge in [0.05, 0.1) is 6.04 Å². The Morgan fingerprint density at radius 3 is 3.12 bits per heavy atom. The first-order valence-electron chi connectivity index (χ1n) is 5.84. The van der Waals surface area contributed by atoms with Gasteiger partial charge in [0.1, 0.15) is 0 Å². The smallest absolute Gasteiger partial charge is 0.179 e. The zero-order chi connectivity index (χ0) is 12.3. The molecule has 0 bridgehead atoms. The number of thioether (sulfide) groups is 1. The summed E-state index contributed by atoms with van der Waals surface area (Å²) in [5.41, 5.74) is 2.08. The number of hydrogen-bond acceptors (Lipinski definition) is 4. The van der Waals surface area contributed by atoms with Crippen molar-refractivity contribution in [1.82, 2.24) is 5.32 Å². The Morgan fingerprint density at radius 2 is 2.41 bits per heavy atom. The van der Waals surface area contributed by atoms with E-state index in [2.05, 4.69) is 5.32 Å². The molecule has 92 valence electrons. The molecule has 2 N–H and O–H groups in total. The minimum Gasteiger partial charge on any atom is -0.396 e. The third-order valence-electron chi connectivity index (χ3n) is 3.06. The molecule has 0 radical (unpaired) electrons. The van der Waals surface area contributed by atoms with Gasteiger partial charge in [0.15, 0.2) is 5.78 Å². The van der Waals surface area contributed by atoms with E-state index in [0.29, 0.717) is 6.42 Å². The molecule has 0 aromatic heterocycles. The monoisotopic (exact) mass is 251 g/mol. The minimum atomic E-state index is -0.288. The van der Waals surface area contributed by atoms with Gasteiger partial charge < -0.3 is 10.4 Å². The van der Waals surface area contributed by atoms with Crippen molar-refractivity contribution in [1.29, 1.82) is 0 Å². The number of aliphatic hydroxyl groups excluding tert-OH is 1. The van der Waals surface area contributed by atoms with Crippen LogP contribution in [0, 0.1) is 0 Å². The Bertz CT molecular complexity index is 420. The third-order valence-corrected chi connectivity index (χ3v) is 4.16. The van der Waals surface area contributed by atoms with Crippen LogP contribution >= 0.6 is 11.8 Å². The van der Waals surface area contributed by atoms with Crippen LogP contribution in [0.1, 0.15) is 22.3 Å². The fraction of sp³-hybridized carbons (Fsp3) is 0.462. The zero-order valence-electron chi connectivity index (χ0n) is 9.90. The van der Waals surface area contributed by atoms with Crippen molar-refractivity contribution in [3.8, 4) is 0 Å². The molecule has 3 nitrogen and oxygen atoms in total. The summed E-state index contributed by atoms with van der Waals surface area (Å²) in [7, 11) is 1.75. The highest BCUT2D eigenvalue weighted by Gasteiger charge is 2.20. The van der Waals surface area contributed by atoms with E-state index in [4.69, 9.17) is 5.11 Å². The number of nitrogens with one attached hydrogen (secondary N) is 1. The van der Waals surface area contributed by atoms with Crippen molar-refractivity contribution in [2.75, 3.05) is 19.4 Å². The molecule has 0 saturated heterocycles. The molecular formula is C13H17NO2S. The number of carbonyl (C=O) groups excluding carboxylic acids is 1. The SMILES string of the molecule is CNC(CCO)C(=O)c1ccc2c(c1)SCC2. The predicted molar refractivity (Wildman–Crippen MR) is 69.8 cm³/mol. The molecule has 0 saturated carbocycles. The van der Waals surface area contributed by atoms with Crippen LogP contribution in [0.5, 0.6) is 0 Å². The maximum absolute atomic E-state index is 12.2. The highest BCUT2D eigenvalue weighted by atomic mass is 32.2. The second kappa shape index (κ2) is 5.67. The molecule has 4 heteroatoms. The van der Waals surface area contributed by atoms with Gasteiger partial charge in [-0.3, -0.25) is 4.79 Å². The number of aryl methyl sites for hydroxylation is 1. The van der Waals surface area contributed by atoms with Gasteiger partial charge in [-0.05, 0) is 31.5 Å². The van der Waals surface area contributed by atoms with Gasteiger partial charge in [-0.2, -0.15) is 0 Å². The van der Waals surface area contributed by atoms with E-state index < -0.39 is 0 Å². The number of carbonyl (C=O) groups is 1. The third kappa shape index (κ3) is 2.70. The Hall–Kier alpha value is -0.840. The molecule has 1 heterocycles. The number of aliphatic hydroxyl groups is 1. The number of likely N-dealkylation sites (N-methyl/N-ethyl adjacent to an activating group) is 1. The van der Waals surface area contributed by atoms with Crippen molar-refractivity contribution in [3.63, 3.8) is 0 Å². The minimum absolute atomic E-state index is 0.0247. The summed E-state index contributed by atoms with van der Waals surface area (Å²) >= 11 is 1.81. The Morgan fingerprint density at radius 1 is 1.59 bits per heavy atom. The van der Waals surface area contributed by atoms with E-state index in [9.17, 15) is 4.79 Å². The normalized spacial score (nSPS) is 15.6. The molecule has 1 aromatic rings.